The van der Waals surface area contributed by atoms with Crippen LogP contribution in [0.1, 0.15) is 12.5 Å². The third kappa shape index (κ3) is 4.44. The number of methoxy groups -OCH3 is 1. The number of likely N-dealkylation sites (N-methyl/N-ethyl adjacent to an activating group) is 1. The first kappa shape index (κ1) is 18.4. The molecule has 27 heavy (non-hydrogen) atoms. The molecule has 0 atom stereocenters. The Balaban J connectivity index is 1.79. The van der Waals surface area contributed by atoms with Crippen LogP contribution in [0.25, 0.3) is 22.8 Å². The fourth-order valence-corrected chi connectivity index (χ4v) is 2.47. The second-order valence-corrected chi connectivity index (χ2v) is 5.90. The zero-order chi connectivity index (χ0) is 19.2. The zero-order valence-corrected chi connectivity index (χ0v) is 15.5. The Morgan fingerprint density at radius 2 is 1.85 bits per heavy atom. The molecule has 0 fully saturated rings. The Bertz CT molecular complexity index is 919. The summed E-state index contributed by atoms with van der Waals surface area (Å²) in [7, 11) is 1.53. The number of rotatable bonds is 7. The molecule has 1 aromatic heterocycles. The smallest absolute Gasteiger partial charge is 0.258 e. The van der Waals surface area contributed by atoms with Gasteiger partial charge in [0.2, 0.25) is 5.82 Å². The molecule has 0 aliphatic heterocycles. The number of aromatic nitrogens is 2. The van der Waals surface area contributed by atoms with Gasteiger partial charge in [0.1, 0.15) is 0 Å². The fourth-order valence-electron chi connectivity index (χ4n) is 2.47. The highest BCUT2D eigenvalue weighted by Crippen LogP contribution is 2.32. The number of aryl methyl sites for hydroxylation is 1. The van der Waals surface area contributed by atoms with Gasteiger partial charge in [-0.25, -0.2) is 0 Å². The maximum atomic E-state index is 11.6. The minimum Gasteiger partial charge on any atom is -0.493 e. The van der Waals surface area contributed by atoms with Gasteiger partial charge in [-0.2, -0.15) is 4.98 Å². The van der Waals surface area contributed by atoms with Crippen LogP contribution in [0, 0.1) is 6.92 Å². The molecular formula is C20H21N3O4. The first-order valence-corrected chi connectivity index (χ1v) is 8.59. The van der Waals surface area contributed by atoms with Crippen LogP contribution in [-0.2, 0) is 4.79 Å². The molecular weight excluding hydrogens is 346 g/mol. The van der Waals surface area contributed by atoms with Crippen molar-refractivity contribution in [1.82, 2.24) is 15.5 Å². The molecule has 1 heterocycles. The van der Waals surface area contributed by atoms with E-state index in [0.717, 1.165) is 16.7 Å². The largest absolute Gasteiger partial charge is 0.493 e. The summed E-state index contributed by atoms with van der Waals surface area (Å²) in [5, 5.41) is 6.72. The molecule has 7 heteroatoms. The SMILES string of the molecule is CCNC(=O)COc1ccc(-c2noc(-c3ccc(C)cc3)n2)cc1OC. The van der Waals surface area contributed by atoms with E-state index in [9.17, 15) is 4.79 Å². The normalized spacial score (nSPS) is 10.5. The van der Waals surface area contributed by atoms with Crippen molar-refractivity contribution in [3.05, 3.63) is 48.0 Å². The lowest BCUT2D eigenvalue weighted by Gasteiger charge is -2.11. The maximum absolute atomic E-state index is 11.6. The van der Waals surface area contributed by atoms with Gasteiger partial charge in [0, 0.05) is 17.7 Å². The standard InChI is InChI=1S/C20H21N3O4/c1-4-21-18(24)12-26-16-10-9-15(11-17(16)25-3)19-22-20(27-23-19)14-7-5-13(2)6-8-14/h5-11H,4,12H2,1-3H3,(H,21,24). The minimum atomic E-state index is -0.190. The Labute approximate surface area is 157 Å². The van der Waals surface area contributed by atoms with E-state index in [1.165, 1.54) is 7.11 Å². The van der Waals surface area contributed by atoms with Crippen LogP contribution in [0.5, 0.6) is 11.5 Å². The number of nitrogens with zero attached hydrogens (tertiary/aromatic N) is 2. The van der Waals surface area contributed by atoms with Gasteiger partial charge in [-0.3, -0.25) is 4.79 Å². The molecule has 7 nitrogen and oxygen atoms in total. The van der Waals surface area contributed by atoms with Crippen molar-refractivity contribution in [3.8, 4) is 34.3 Å². The summed E-state index contributed by atoms with van der Waals surface area (Å²) in [5.74, 6) is 1.65. The number of hydrogen-bond acceptors (Lipinski definition) is 6. The minimum absolute atomic E-state index is 0.0800. The van der Waals surface area contributed by atoms with Crippen LogP contribution >= 0.6 is 0 Å². The lowest BCUT2D eigenvalue weighted by atomic mass is 10.1. The first-order chi connectivity index (χ1) is 13.1. The second kappa shape index (κ2) is 8.35. The number of carbonyl (C=O) groups excluding carboxylic acids is 1. The van der Waals surface area contributed by atoms with Crippen molar-refractivity contribution in [3.63, 3.8) is 0 Å². The van der Waals surface area contributed by atoms with E-state index in [2.05, 4.69) is 15.5 Å². The molecule has 0 bridgehead atoms. The summed E-state index contributed by atoms with van der Waals surface area (Å²) >= 11 is 0. The Morgan fingerprint density at radius 3 is 2.56 bits per heavy atom. The van der Waals surface area contributed by atoms with E-state index in [4.69, 9.17) is 14.0 Å². The van der Waals surface area contributed by atoms with Crippen molar-refractivity contribution in [2.75, 3.05) is 20.3 Å². The van der Waals surface area contributed by atoms with E-state index >= 15 is 0 Å². The number of nitrogens with one attached hydrogen (secondary N) is 1. The number of benzene rings is 2. The van der Waals surface area contributed by atoms with Crippen molar-refractivity contribution < 1.29 is 18.8 Å². The van der Waals surface area contributed by atoms with E-state index in [1.807, 2.05) is 38.1 Å². The van der Waals surface area contributed by atoms with E-state index < -0.39 is 0 Å². The van der Waals surface area contributed by atoms with Crippen LogP contribution in [0.3, 0.4) is 0 Å². The lowest BCUT2D eigenvalue weighted by molar-refractivity contribution is -0.123. The van der Waals surface area contributed by atoms with Gasteiger partial charge in [0.25, 0.3) is 11.8 Å². The molecule has 2 aromatic carbocycles. The molecule has 0 aliphatic carbocycles. The van der Waals surface area contributed by atoms with E-state index in [1.54, 1.807) is 18.2 Å². The molecule has 1 N–H and O–H groups in total. The number of ether oxygens (including phenoxy) is 2. The third-order valence-corrected chi connectivity index (χ3v) is 3.88. The Hall–Kier alpha value is -3.35. The molecule has 3 rings (SSSR count). The Morgan fingerprint density at radius 1 is 1.11 bits per heavy atom. The van der Waals surface area contributed by atoms with Crippen molar-refractivity contribution in [1.29, 1.82) is 0 Å². The lowest BCUT2D eigenvalue weighted by Crippen LogP contribution is -2.28. The van der Waals surface area contributed by atoms with E-state index in [0.29, 0.717) is 29.8 Å². The average molecular weight is 367 g/mol. The van der Waals surface area contributed by atoms with Gasteiger partial charge in [-0.05, 0) is 44.2 Å². The summed E-state index contributed by atoms with van der Waals surface area (Å²) in [5.41, 5.74) is 2.74. The molecule has 3 aromatic rings. The topological polar surface area (TPSA) is 86.5 Å². The Kier molecular flexibility index (Phi) is 5.71. The highest BCUT2D eigenvalue weighted by Gasteiger charge is 2.14. The highest BCUT2D eigenvalue weighted by atomic mass is 16.5. The summed E-state index contributed by atoms with van der Waals surface area (Å²) < 4.78 is 16.2. The number of hydrogen-bond donors (Lipinski definition) is 1. The molecule has 0 saturated carbocycles. The molecule has 0 spiro atoms. The number of carbonyl (C=O) groups is 1. The summed E-state index contributed by atoms with van der Waals surface area (Å²) in [6.45, 7) is 4.34. The van der Waals surface area contributed by atoms with Gasteiger partial charge in [0.15, 0.2) is 18.1 Å². The van der Waals surface area contributed by atoms with Gasteiger partial charge in [-0.1, -0.05) is 22.9 Å². The highest BCUT2D eigenvalue weighted by molar-refractivity contribution is 5.77. The quantitative estimate of drug-likeness (QED) is 0.690. The predicted molar refractivity (Wildman–Crippen MR) is 101 cm³/mol. The molecule has 0 saturated heterocycles. The number of amides is 1. The van der Waals surface area contributed by atoms with Crippen LogP contribution < -0.4 is 14.8 Å². The average Bonchev–Trinajstić information content (AvgIpc) is 3.17. The van der Waals surface area contributed by atoms with Crippen molar-refractivity contribution in [2.45, 2.75) is 13.8 Å². The van der Waals surface area contributed by atoms with E-state index in [-0.39, 0.29) is 12.5 Å². The van der Waals surface area contributed by atoms with Gasteiger partial charge in [-0.15, -0.1) is 0 Å². The van der Waals surface area contributed by atoms with Gasteiger partial charge in [0.05, 0.1) is 7.11 Å². The van der Waals surface area contributed by atoms with Gasteiger partial charge >= 0.3 is 0 Å². The predicted octanol–water partition coefficient (Wildman–Crippen LogP) is 3.24. The summed E-state index contributed by atoms with van der Waals surface area (Å²) in [6.07, 6.45) is 0. The van der Waals surface area contributed by atoms with Crippen LogP contribution in [0.4, 0.5) is 0 Å². The van der Waals surface area contributed by atoms with Gasteiger partial charge < -0.3 is 19.3 Å². The summed E-state index contributed by atoms with van der Waals surface area (Å²) in [4.78, 5) is 16.0. The molecule has 140 valence electrons. The summed E-state index contributed by atoms with van der Waals surface area (Å²) in [6, 6.07) is 13.1. The second-order valence-electron chi connectivity index (χ2n) is 5.90. The molecule has 1 amide bonds. The monoisotopic (exact) mass is 367 g/mol. The van der Waals surface area contributed by atoms with Crippen molar-refractivity contribution >= 4 is 5.91 Å². The molecule has 0 radical (unpaired) electrons. The first-order valence-electron chi connectivity index (χ1n) is 8.59. The van der Waals surface area contributed by atoms with Crippen LogP contribution in [-0.4, -0.2) is 36.3 Å². The third-order valence-electron chi connectivity index (χ3n) is 3.88. The van der Waals surface area contributed by atoms with Crippen molar-refractivity contribution in [2.24, 2.45) is 0 Å². The maximum Gasteiger partial charge on any atom is 0.258 e. The van der Waals surface area contributed by atoms with Crippen LogP contribution in [0.15, 0.2) is 47.0 Å². The fraction of sp³-hybridized carbons (Fsp3) is 0.250. The zero-order valence-electron chi connectivity index (χ0n) is 15.5. The molecule has 0 unspecified atom stereocenters. The molecule has 0 aliphatic rings. The van der Waals surface area contributed by atoms with Crippen LogP contribution in [0.2, 0.25) is 0 Å².